The van der Waals surface area contributed by atoms with Gasteiger partial charge < -0.3 is 9.64 Å². The number of halogens is 1. The quantitative estimate of drug-likeness (QED) is 0.443. The van der Waals surface area contributed by atoms with Crippen LogP contribution in [0.2, 0.25) is 0 Å². The molecule has 1 saturated heterocycles. The largest absolute Gasteiger partial charge is 0.379 e. The van der Waals surface area contributed by atoms with Crippen molar-refractivity contribution in [3.8, 4) is 0 Å². The van der Waals surface area contributed by atoms with Crippen LogP contribution in [0.25, 0.3) is 0 Å². The minimum Gasteiger partial charge on any atom is -0.379 e. The molecule has 1 aromatic carbocycles. The SMILES string of the molecule is O=C(c1ccccc1F)N(CCN1CCOCC1)CC(=O)N1N=C(c2cccs2)CC1c1cccs1. The van der Waals surface area contributed by atoms with E-state index in [4.69, 9.17) is 9.84 Å². The van der Waals surface area contributed by atoms with Crippen molar-refractivity contribution in [2.45, 2.75) is 12.5 Å². The van der Waals surface area contributed by atoms with Crippen LogP contribution in [0.1, 0.15) is 32.6 Å². The first kappa shape index (κ1) is 24.8. The third-order valence-corrected chi connectivity index (χ3v) is 8.24. The Morgan fingerprint density at radius 1 is 1.06 bits per heavy atom. The number of thiophene rings is 2. The Kier molecular flexibility index (Phi) is 7.86. The number of hydrogen-bond acceptors (Lipinski definition) is 7. The average Bonchev–Trinajstić information content (AvgIpc) is 3.68. The van der Waals surface area contributed by atoms with Gasteiger partial charge in [0.2, 0.25) is 0 Å². The summed E-state index contributed by atoms with van der Waals surface area (Å²) in [6.07, 6.45) is 0.613. The molecule has 36 heavy (non-hydrogen) atoms. The van der Waals surface area contributed by atoms with Crippen LogP contribution in [-0.4, -0.2) is 78.3 Å². The lowest BCUT2D eigenvalue weighted by molar-refractivity contribution is -0.133. The van der Waals surface area contributed by atoms with Crippen LogP contribution in [0.5, 0.6) is 0 Å². The van der Waals surface area contributed by atoms with Crippen LogP contribution in [0.4, 0.5) is 4.39 Å². The fourth-order valence-electron chi connectivity index (χ4n) is 4.41. The van der Waals surface area contributed by atoms with Gasteiger partial charge in [0.25, 0.3) is 11.8 Å². The fourth-order valence-corrected chi connectivity index (χ4v) is 5.95. The number of rotatable bonds is 8. The lowest BCUT2D eigenvalue weighted by atomic mass is 10.1. The predicted molar refractivity (Wildman–Crippen MR) is 139 cm³/mol. The fraction of sp³-hybridized carbons (Fsp3) is 0.346. The van der Waals surface area contributed by atoms with Crippen molar-refractivity contribution in [1.29, 1.82) is 0 Å². The number of morpholine rings is 1. The molecule has 1 unspecified atom stereocenters. The number of hydrazone groups is 1. The second kappa shape index (κ2) is 11.4. The molecule has 2 amide bonds. The number of ether oxygens (including phenoxy) is 1. The van der Waals surface area contributed by atoms with Gasteiger partial charge in [-0.25, -0.2) is 9.40 Å². The van der Waals surface area contributed by atoms with Gasteiger partial charge in [-0.2, -0.15) is 5.10 Å². The highest BCUT2D eigenvalue weighted by Crippen LogP contribution is 2.36. The number of amides is 2. The lowest BCUT2D eigenvalue weighted by Crippen LogP contribution is -2.46. The molecule has 1 atom stereocenters. The first-order chi connectivity index (χ1) is 17.6. The third-order valence-electron chi connectivity index (χ3n) is 6.35. The minimum absolute atomic E-state index is 0.0358. The van der Waals surface area contributed by atoms with Crippen molar-refractivity contribution >= 4 is 40.2 Å². The summed E-state index contributed by atoms with van der Waals surface area (Å²) in [5.74, 6) is -1.38. The van der Waals surface area contributed by atoms with E-state index in [1.807, 2.05) is 35.0 Å². The van der Waals surface area contributed by atoms with E-state index in [-0.39, 0.29) is 24.1 Å². The molecule has 3 aromatic rings. The van der Waals surface area contributed by atoms with Gasteiger partial charge in [-0.15, -0.1) is 22.7 Å². The maximum Gasteiger partial charge on any atom is 0.262 e. The summed E-state index contributed by atoms with van der Waals surface area (Å²) in [4.78, 5) is 32.7. The monoisotopic (exact) mass is 526 g/mol. The van der Waals surface area contributed by atoms with Gasteiger partial charge in [-0.1, -0.05) is 24.3 Å². The van der Waals surface area contributed by atoms with Crippen LogP contribution in [-0.2, 0) is 9.53 Å². The van der Waals surface area contributed by atoms with E-state index in [2.05, 4.69) is 4.90 Å². The first-order valence-corrected chi connectivity index (χ1v) is 13.7. The van der Waals surface area contributed by atoms with Crippen molar-refractivity contribution < 1.29 is 18.7 Å². The molecule has 1 fully saturated rings. The summed E-state index contributed by atoms with van der Waals surface area (Å²) in [5, 5.41) is 10.2. The van der Waals surface area contributed by atoms with Crippen molar-refractivity contribution in [3.63, 3.8) is 0 Å². The first-order valence-electron chi connectivity index (χ1n) is 11.9. The third kappa shape index (κ3) is 5.57. The molecule has 7 nitrogen and oxygen atoms in total. The average molecular weight is 527 g/mol. The van der Waals surface area contributed by atoms with E-state index < -0.39 is 11.7 Å². The summed E-state index contributed by atoms with van der Waals surface area (Å²) in [5.41, 5.74) is 0.823. The molecule has 4 heterocycles. The van der Waals surface area contributed by atoms with E-state index >= 15 is 0 Å². The molecule has 5 rings (SSSR count). The summed E-state index contributed by atoms with van der Waals surface area (Å²) < 4.78 is 19.9. The van der Waals surface area contributed by atoms with Crippen LogP contribution < -0.4 is 0 Å². The summed E-state index contributed by atoms with van der Waals surface area (Å²) in [6.45, 7) is 3.49. The lowest BCUT2D eigenvalue weighted by Gasteiger charge is -2.31. The van der Waals surface area contributed by atoms with E-state index in [0.717, 1.165) is 28.6 Å². The zero-order valence-corrected chi connectivity index (χ0v) is 21.3. The molecule has 2 aliphatic heterocycles. The van der Waals surface area contributed by atoms with Crippen LogP contribution >= 0.6 is 22.7 Å². The summed E-state index contributed by atoms with van der Waals surface area (Å²) in [6, 6.07) is 13.6. The van der Waals surface area contributed by atoms with E-state index in [9.17, 15) is 14.0 Å². The normalized spacial score (nSPS) is 18.3. The zero-order chi connectivity index (χ0) is 24.9. The van der Waals surface area contributed by atoms with Crippen molar-refractivity contribution in [1.82, 2.24) is 14.8 Å². The highest BCUT2D eigenvalue weighted by Gasteiger charge is 2.35. The Morgan fingerprint density at radius 3 is 2.56 bits per heavy atom. The van der Waals surface area contributed by atoms with Gasteiger partial charge in [0.1, 0.15) is 12.4 Å². The van der Waals surface area contributed by atoms with E-state index in [1.54, 1.807) is 34.8 Å². The standard InChI is InChI=1S/C26H27FN4O3S2/c27-20-6-2-1-5-19(20)26(33)30(10-9-29-11-13-34-14-12-29)18-25(32)31-22(24-8-4-16-36-24)17-21(28-31)23-7-3-15-35-23/h1-8,15-16,22H,9-14,17-18H2. The van der Waals surface area contributed by atoms with Crippen molar-refractivity contribution in [2.24, 2.45) is 5.10 Å². The van der Waals surface area contributed by atoms with Gasteiger partial charge in [0.15, 0.2) is 0 Å². The van der Waals surface area contributed by atoms with E-state index in [0.29, 0.717) is 32.7 Å². The van der Waals surface area contributed by atoms with Crippen molar-refractivity contribution in [3.05, 3.63) is 80.4 Å². The molecule has 0 saturated carbocycles. The zero-order valence-electron chi connectivity index (χ0n) is 19.7. The van der Waals surface area contributed by atoms with Crippen LogP contribution in [0.15, 0.2) is 64.4 Å². The van der Waals surface area contributed by atoms with Gasteiger partial charge in [-0.3, -0.25) is 14.5 Å². The Balaban J connectivity index is 1.38. The smallest absolute Gasteiger partial charge is 0.262 e. The highest BCUT2D eigenvalue weighted by atomic mass is 32.1. The van der Waals surface area contributed by atoms with Gasteiger partial charge in [-0.05, 0) is 35.0 Å². The predicted octanol–water partition coefficient (Wildman–Crippen LogP) is 4.10. The van der Waals surface area contributed by atoms with Crippen molar-refractivity contribution in [2.75, 3.05) is 45.9 Å². The second-order valence-electron chi connectivity index (χ2n) is 8.66. The molecule has 188 valence electrons. The van der Waals surface area contributed by atoms with E-state index in [1.165, 1.54) is 22.0 Å². The number of nitrogens with zero attached hydrogens (tertiary/aromatic N) is 4. The number of carbonyl (C=O) groups excluding carboxylic acids is 2. The molecule has 0 radical (unpaired) electrons. The van der Waals surface area contributed by atoms with Crippen LogP contribution in [0.3, 0.4) is 0 Å². The molecular formula is C26H27FN4O3S2. The maximum absolute atomic E-state index is 14.5. The Hall–Kier alpha value is -2.92. The van der Waals surface area contributed by atoms with Gasteiger partial charge in [0.05, 0.1) is 35.4 Å². The topological polar surface area (TPSA) is 65.5 Å². The number of benzene rings is 1. The molecule has 0 spiro atoms. The molecule has 2 aromatic heterocycles. The highest BCUT2D eigenvalue weighted by molar-refractivity contribution is 7.12. The minimum atomic E-state index is -0.595. The van der Waals surface area contributed by atoms with Gasteiger partial charge >= 0.3 is 0 Å². The summed E-state index contributed by atoms with van der Waals surface area (Å²) in [7, 11) is 0. The molecular weight excluding hydrogens is 499 g/mol. The van der Waals surface area contributed by atoms with Crippen LogP contribution in [0, 0.1) is 5.82 Å². The Morgan fingerprint density at radius 2 is 1.83 bits per heavy atom. The summed E-state index contributed by atoms with van der Waals surface area (Å²) >= 11 is 3.17. The molecule has 0 bridgehead atoms. The molecule has 0 aliphatic carbocycles. The van der Waals surface area contributed by atoms with Gasteiger partial charge in [0, 0.05) is 37.5 Å². The Labute approximate surface area is 217 Å². The number of hydrogen-bond donors (Lipinski definition) is 0. The second-order valence-corrected chi connectivity index (χ2v) is 10.6. The maximum atomic E-state index is 14.5. The molecule has 10 heteroatoms. The Bertz CT molecular complexity index is 1210. The number of carbonyl (C=O) groups is 2. The molecule has 0 N–H and O–H groups in total. The molecule has 2 aliphatic rings.